The Balaban J connectivity index is 1.31. The summed E-state index contributed by atoms with van der Waals surface area (Å²) in [4.78, 5) is 23.2. The number of rotatable bonds is 8. The van der Waals surface area contributed by atoms with E-state index in [1.807, 2.05) is 24.3 Å². The van der Waals surface area contributed by atoms with E-state index in [0.29, 0.717) is 22.0 Å². The van der Waals surface area contributed by atoms with E-state index in [1.165, 1.54) is 13.2 Å². The number of nitrogens with two attached hydrogens (primary N) is 1. The number of aromatic amines is 1. The lowest BCUT2D eigenvalue weighted by atomic mass is 10.0. The maximum absolute atomic E-state index is 12.9. The van der Waals surface area contributed by atoms with Gasteiger partial charge < -0.3 is 25.5 Å². The van der Waals surface area contributed by atoms with Gasteiger partial charge in [0.1, 0.15) is 5.75 Å². The minimum absolute atomic E-state index is 0.109. The summed E-state index contributed by atoms with van der Waals surface area (Å²) < 4.78 is 11.0. The summed E-state index contributed by atoms with van der Waals surface area (Å²) in [7, 11) is 3.18. The first kappa shape index (κ1) is 23.7. The number of anilines is 1. The fraction of sp³-hybridized carbons (Fsp3) is 0.391. The number of para-hydroxylation sites is 2. The molecule has 1 aromatic heterocycles. The van der Waals surface area contributed by atoms with Gasteiger partial charge in [-0.2, -0.15) is 0 Å². The number of hydrogen-bond donors (Lipinski definition) is 3. The Morgan fingerprint density at radius 1 is 1.36 bits per heavy atom. The first-order chi connectivity index (χ1) is 16.0. The monoisotopic (exact) mass is 489 g/mol. The van der Waals surface area contributed by atoms with Gasteiger partial charge in [0, 0.05) is 38.6 Å². The van der Waals surface area contributed by atoms with Gasteiger partial charge in [-0.05, 0) is 24.6 Å². The number of hydrogen-bond acceptors (Lipinski definition) is 7. The number of nitrogens with zero attached hydrogens (tertiary/aromatic N) is 2. The highest BCUT2D eigenvalue weighted by Gasteiger charge is 2.31. The van der Waals surface area contributed by atoms with Gasteiger partial charge in [-0.15, -0.1) is 0 Å². The van der Waals surface area contributed by atoms with Gasteiger partial charge in [0.25, 0.3) is 5.91 Å². The molecule has 8 nitrogen and oxygen atoms in total. The molecule has 1 aliphatic heterocycles. The van der Waals surface area contributed by atoms with E-state index in [9.17, 15) is 4.79 Å². The smallest absolute Gasteiger partial charge is 0.255 e. The van der Waals surface area contributed by atoms with Gasteiger partial charge in [-0.25, -0.2) is 4.98 Å². The molecule has 4 N–H and O–H groups in total. The minimum Gasteiger partial charge on any atom is -0.496 e. The number of nitrogens with one attached hydrogen (secondary N) is 2. The first-order valence-corrected chi connectivity index (χ1v) is 12.1. The Morgan fingerprint density at radius 3 is 2.94 bits per heavy atom. The zero-order chi connectivity index (χ0) is 23.4. The second-order valence-electron chi connectivity index (χ2n) is 7.92. The quantitative estimate of drug-likeness (QED) is 0.329. The maximum Gasteiger partial charge on any atom is 0.255 e. The van der Waals surface area contributed by atoms with Crippen molar-refractivity contribution < 1.29 is 14.3 Å². The summed E-state index contributed by atoms with van der Waals surface area (Å²) in [5, 5.41) is 4.33. The van der Waals surface area contributed by atoms with E-state index >= 15 is 0 Å². The highest BCUT2D eigenvalue weighted by Crippen LogP contribution is 2.29. The van der Waals surface area contributed by atoms with Crippen LogP contribution in [0.5, 0.6) is 5.75 Å². The Labute approximate surface area is 202 Å². The molecule has 0 spiro atoms. The number of nitrogen functional groups attached to an aromatic ring is 1. The van der Waals surface area contributed by atoms with Crippen LogP contribution >= 0.6 is 23.4 Å². The maximum atomic E-state index is 12.9. The number of ether oxygens (including phenoxy) is 2. The van der Waals surface area contributed by atoms with Crippen molar-refractivity contribution in [2.75, 3.05) is 45.3 Å². The van der Waals surface area contributed by atoms with Crippen LogP contribution in [0.25, 0.3) is 11.0 Å². The van der Waals surface area contributed by atoms with E-state index in [0.717, 1.165) is 48.0 Å². The molecule has 2 aromatic carbocycles. The molecule has 3 aromatic rings. The number of benzene rings is 2. The van der Waals surface area contributed by atoms with Gasteiger partial charge in [-0.3, -0.25) is 9.69 Å². The third-order valence-electron chi connectivity index (χ3n) is 5.84. The number of piperidine rings is 1. The molecular weight excluding hydrogens is 462 g/mol. The predicted molar refractivity (Wildman–Crippen MR) is 132 cm³/mol. The normalized spacial score (nSPS) is 19.0. The number of H-pyrrole nitrogens is 1. The molecule has 0 aliphatic carbocycles. The molecular formula is C23H28ClN5O3S. The summed E-state index contributed by atoms with van der Waals surface area (Å²) in [6.45, 7) is 2.51. The topological polar surface area (TPSA) is 105 Å². The van der Waals surface area contributed by atoms with Crippen LogP contribution in [0.3, 0.4) is 0 Å². The molecule has 2 heterocycles. The lowest BCUT2D eigenvalue weighted by Gasteiger charge is -2.38. The lowest BCUT2D eigenvalue weighted by Crippen LogP contribution is -2.55. The van der Waals surface area contributed by atoms with Gasteiger partial charge in [-0.1, -0.05) is 35.5 Å². The van der Waals surface area contributed by atoms with Crippen LogP contribution in [0.1, 0.15) is 16.8 Å². The number of carbonyl (C=O) groups is 1. The van der Waals surface area contributed by atoms with Gasteiger partial charge in [0.15, 0.2) is 5.16 Å². The second kappa shape index (κ2) is 10.6. The third-order valence-corrected chi connectivity index (χ3v) is 7.02. The van der Waals surface area contributed by atoms with Gasteiger partial charge in [0.2, 0.25) is 0 Å². The number of fused-ring (bicyclic) bond motifs is 1. The van der Waals surface area contributed by atoms with Crippen molar-refractivity contribution in [2.45, 2.75) is 23.7 Å². The van der Waals surface area contributed by atoms with E-state index in [2.05, 4.69) is 20.2 Å². The molecule has 10 heteroatoms. The Kier molecular flexibility index (Phi) is 7.64. The molecule has 1 fully saturated rings. The summed E-state index contributed by atoms with van der Waals surface area (Å²) in [5.41, 5.74) is 8.59. The Hall–Kier alpha value is -2.46. The van der Waals surface area contributed by atoms with E-state index in [-0.39, 0.29) is 18.1 Å². The van der Waals surface area contributed by atoms with E-state index < -0.39 is 0 Å². The standard InChI is InChI=1S/C23H28ClN5O3S/c1-31-20-12-16(25)15(24)11-14(20)22(30)26-19-7-8-29(13-21(19)32-2)9-10-33-23-27-17-5-3-4-6-18(17)28-23/h3-6,11-12,19,21H,7-10,13,25H2,1-2H3,(H,26,30)(H,27,28). The van der Waals surface area contributed by atoms with Gasteiger partial charge >= 0.3 is 0 Å². The summed E-state index contributed by atoms with van der Waals surface area (Å²) in [6, 6.07) is 11.0. The largest absolute Gasteiger partial charge is 0.496 e. The molecule has 1 aliphatic rings. The molecule has 0 radical (unpaired) electrons. The fourth-order valence-electron chi connectivity index (χ4n) is 4.02. The van der Waals surface area contributed by atoms with Crippen molar-refractivity contribution in [1.29, 1.82) is 0 Å². The Bertz CT molecular complexity index is 1090. The second-order valence-corrected chi connectivity index (χ2v) is 9.42. The van der Waals surface area contributed by atoms with Gasteiger partial charge in [0.05, 0.1) is 46.6 Å². The SMILES string of the molecule is COc1cc(N)c(Cl)cc1C(=O)NC1CCN(CCSc2nc3ccccc3[nH]2)CC1OC. The van der Waals surface area contributed by atoms with Crippen LogP contribution in [0, 0.1) is 0 Å². The average Bonchev–Trinajstić information content (AvgIpc) is 3.24. The van der Waals surface area contributed by atoms with Crippen molar-refractivity contribution >= 4 is 46.0 Å². The molecule has 2 atom stereocenters. The zero-order valence-electron chi connectivity index (χ0n) is 18.6. The number of thioether (sulfide) groups is 1. The van der Waals surface area contributed by atoms with Crippen molar-refractivity contribution in [3.05, 3.63) is 47.0 Å². The number of imidazole rings is 1. The highest BCUT2D eigenvalue weighted by molar-refractivity contribution is 7.99. The van der Waals surface area contributed by atoms with Crippen LogP contribution in [-0.4, -0.2) is 72.5 Å². The number of likely N-dealkylation sites (tertiary alicyclic amines) is 1. The molecule has 33 heavy (non-hydrogen) atoms. The minimum atomic E-state index is -0.255. The first-order valence-electron chi connectivity index (χ1n) is 10.7. The zero-order valence-corrected chi connectivity index (χ0v) is 20.2. The molecule has 0 saturated carbocycles. The van der Waals surface area contributed by atoms with Crippen molar-refractivity contribution in [1.82, 2.24) is 20.2 Å². The van der Waals surface area contributed by atoms with E-state index in [4.69, 9.17) is 26.8 Å². The number of amides is 1. The summed E-state index contributed by atoms with van der Waals surface area (Å²) in [5.74, 6) is 1.05. The van der Waals surface area contributed by atoms with Crippen molar-refractivity contribution in [2.24, 2.45) is 0 Å². The van der Waals surface area contributed by atoms with E-state index in [1.54, 1.807) is 24.9 Å². The molecule has 2 unspecified atom stereocenters. The van der Waals surface area contributed by atoms with Crippen LogP contribution in [0.4, 0.5) is 5.69 Å². The molecule has 176 valence electrons. The van der Waals surface area contributed by atoms with Crippen LogP contribution < -0.4 is 15.8 Å². The lowest BCUT2D eigenvalue weighted by molar-refractivity contribution is 0.00833. The molecule has 4 rings (SSSR count). The number of halogens is 1. The number of carbonyl (C=O) groups excluding carboxylic acids is 1. The predicted octanol–water partition coefficient (Wildman–Crippen LogP) is 3.42. The van der Waals surface area contributed by atoms with Crippen molar-refractivity contribution in [3.63, 3.8) is 0 Å². The third kappa shape index (κ3) is 5.55. The van der Waals surface area contributed by atoms with Crippen LogP contribution in [0.15, 0.2) is 41.6 Å². The summed E-state index contributed by atoms with van der Waals surface area (Å²) >= 11 is 7.83. The Morgan fingerprint density at radius 2 is 2.18 bits per heavy atom. The van der Waals surface area contributed by atoms with Crippen LogP contribution in [-0.2, 0) is 4.74 Å². The average molecular weight is 490 g/mol. The highest BCUT2D eigenvalue weighted by atomic mass is 35.5. The molecule has 1 saturated heterocycles. The molecule has 0 bridgehead atoms. The fourth-order valence-corrected chi connectivity index (χ4v) is 5.07. The molecule has 1 amide bonds. The number of methoxy groups -OCH3 is 2. The number of aromatic nitrogens is 2. The summed E-state index contributed by atoms with van der Waals surface area (Å²) in [6.07, 6.45) is 0.666. The van der Waals surface area contributed by atoms with Crippen LogP contribution in [0.2, 0.25) is 5.02 Å². The van der Waals surface area contributed by atoms with Crippen molar-refractivity contribution in [3.8, 4) is 5.75 Å².